The van der Waals surface area contributed by atoms with Gasteiger partial charge in [0.1, 0.15) is 0 Å². The number of rotatable bonds is 1. The van der Waals surface area contributed by atoms with Crippen molar-refractivity contribution in [3.8, 4) is 0 Å². The molecule has 8 heavy (non-hydrogen) atoms. The van der Waals surface area contributed by atoms with E-state index in [1.54, 1.807) is 13.8 Å². The van der Waals surface area contributed by atoms with Crippen LogP contribution in [0.25, 0.3) is 0 Å². The Bertz CT molecular complexity index is 127. The van der Waals surface area contributed by atoms with Crippen molar-refractivity contribution in [1.29, 1.82) is 0 Å². The van der Waals surface area contributed by atoms with Crippen molar-refractivity contribution in [2.75, 3.05) is 0 Å². The SMILES string of the molecule is C=C(C)C(C)=C(C)[O]. The van der Waals surface area contributed by atoms with Crippen LogP contribution in [-0.2, 0) is 5.11 Å². The first-order chi connectivity index (χ1) is 3.55. The van der Waals surface area contributed by atoms with Gasteiger partial charge in [0.05, 0.1) is 0 Å². The molecular weight excluding hydrogens is 100 g/mol. The summed E-state index contributed by atoms with van der Waals surface area (Å²) in [7, 11) is 0. The second-order valence-electron chi connectivity index (χ2n) is 1.96. The number of hydrogen-bond donors (Lipinski definition) is 0. The highest BCUT2D eigenvalue weighted by Crippen LogP contribution is 2.08. The summed E-state index contributed by atoms with van der Waals surface area (Å²) in [5.74, 6) is 0.109. The Kier molecular flexibility index (Phi) is 2.32. The van der Waals surface area contributed by atoms with E-state index in [4.69, 9.17) is 0 Å². The van der Waals surface area contributed by atoms with E-state index in [1.165, 1.54) is 0 Å². The normalized spacial score (nSPS) is 12.9. The molecule has 0 aromatic rings. The van der Waals surface area contributed by atoms with Gasteiger partial charge in [-0.3, -0.25) is 5.11 Å². The molecule has 0 amide bonds. The lowest BCUT2D eigenvalue weighted by Gasteiger charge is -1.95. The number of hydrogen-bond acceptors (Lipinski definition) is 0. The van der Waals surface area contributed by atoms with Crippen molar-refractivity contribution in [2.24, 2.45) is 0 Å². The van der Waals surface area contributed by atoms with E-state index in [0.717, 1.165) is 11.1 Å². The van der Waals surface area contributed by atoms with Gasteiger partial charge < -0.3 is 0 Å². The predicted octanol–water partition coefficient (Wildman–Crippen LogP) is 2.29. The predicted molar refractivity (Wildman–Crippen MR) is 33.9 cm³/mol. The summed E-state index contributed by atoms with van der Waals surface area (Å²) < 4.78 is 0. The monoisotopic (exact) mass is 111 g/mol. The van der Waals surface area contributed by atoms with E-state index in [2.05, 4.69) is 6.58 Å². The minimum atomic E-state index is 0.109. The molecule has 0 saturated carbocycles. The maximum Gasteiger partial charge on any atom is 0.155 e. The van der Waals surface area contributed by atoms with Crippen LogP contribution >= 0.6 is 0 Å². The van der Waals surface area contributed by atoms with Crippen molar-refractivity contribution >= 4 is 0 Å². The Morgan fingerprint density at radius 1 is 1.25 bits per heavy atom. The Morgan fingerprint density at radius 2 is 1.62 bits per heavy atom. The summed E-state index contributed by atoms with van der Waals surface area (Å²) in [6, 6.07) is 0. The summed E-state index contributed by atoms with van der Waals surface area (Å²) in [5.41, 5.74) is 1.63. The highest BCUT2D eigenvalue weighted by molar-refractivity contribution is 5.25. The standard InChI is InChI=1S/C7H11O/c1-5(2)6(3)7(4)8/h1H2,2-4H3. The molecule has 0 heterocycles. The van der Waals surface area contributed by atoms with E-state index in [9.17, 15) is 5.11 Å². The zero-order valence-electron chi connectivity index (χ0n) is 5.62. The highest BCUT2D eigenvalue weighted by atomic mass is 16.3. The Morgan fingerprint density at radius 3 is 1.62 bits per heavy atom. The molecule has 45 valence electrons. The van der Waals surface area contributed by atoms with E-state index < -0.39 is 0 Å². The third-order valence-corrected chi connectivity index (χ3v) is 1.17. The van der Waals surface area contributed by atoms with Crippen LogP contribution < -0.4 is 0 Å². The fraction of sp³-hybridized carbons (Fsp3) is 0.429. The van der Waals surface area contributed by atoms with Crippen LogP contribution in [0.5, 0.6) is 0 Å². The van der Waals surface area contributed by atoms with Gasteiger partial charge in [0.25, 0.3) is 0 Å². The molecule has 0 aliphatic rings. The lowest BCUT2D eigenvalue weighted by Crippen LogP contribution is -1.80. The van der Waals surface area contributed by atoms with Crippen LogP contribution in [0.2, 0.25) is 0 Å². The summed E-state index contributed by atoms with van der Waals surface area (Å²) >= 11 is 0. The van der Waals surface area contributed by atoms with Crippen LogP contribution in [0.15, 0.2) is 23.5 Å². The molecule has 0 spiro atoms. The second kappa shape index (κ2) is 2.55. The average molecular weight is 111 g/mol. The van der Waals surface area contributed by atoms with E-state index in [1.807, 2.05) is 6.92 Å². The van der Waals surface area contributed by atoms with Crippen LogP contribution in [0.3, 0.4) is 0 Å². The molecular formula is C7H11O. The van der Waals surface area contributed by atoms with Crippen LogP contribution in [-0.4, -0.2) is 0 Å². The van der Waals surface area contributed by atoms with Crippen molar-refractivity contribution in [3.63, 3.8) is 0 Å². The fourth-order valence-corrected chi connectivity index (χ4v) is 0.301. The molecule has 1 heteroatoms. The largest absolute Gasteiger partial charge is 0.295 e. The number of allylic oxidation sites excluding steroid dienone is 3. The maximum absolute atomic E-state index is 10.5. The van der Waals surface area contributed by atoms with E-state index in [0.29, 0.717) is 0 Å². The molecule has 1 radical (unpaired) electrons. The first-order valence-electron chi connectivity index (χ1n) is 2.56. The summed E-state index contributed by atoms with van der Waals surface area (Å²) in [6.45, 7) is 8.78. The van der Waals surface area contributed by atoms with Gasteiger partial charge in [-0.2, -0.15) is 0 Å². The molecule has 0 aromatic heterocycles. The molecule has 0 rings (SSSR count). The van der Waals surface area contributed by atoms with E-state index in [-0.39, 0.29) is 5.76 Å². The molecule has 1 nitrogen and oxygen atoms in total. The van der Waals surface area contributed by atoms with Gasteiger partial charge in [0, 0.05) is 0 Å². The lowest BCUT2D eigenvalue weighted by atomic mass is 10.1. The van der Waals surface area contributed by atoms with Gasteiger partial charge >= 0.3 is 0 Å². The first kappa shape index (κ1) is 7.28. The molecule has 0 aliphatic carbocycles. The highest BCUT2D eigenvalue weighted by Gasteiger charge is 1.94. The Labute approximate surface area is 50.3 Å². The summed E-state index contributed by atoms with van der Waals surface area (Å²) in [5, 5.41) is 10.5. The van der Waals surface area contributed by atoms with Crippen LogP contribution in [0, 0.1) is 0 Å². The Balaban J connectivity index is 4.23. The fourth-order valence-electron chi connectivity index (χ4n) is 0.301. The van der Waals surface area contributed by atoms with Crippen molar-refractivity contribution in [1.82, 2.24) is 0 Å². The Hall–Kier alpha value is -0.720. The average Bonchev–Trinajstić information content (AvgIpc) is 1.64. The summed E-state index contributed by atoms with van der Waals surface area (Å²) in [4.78, 5) is 0. The van der Waals surface area contributed by atoms with Gasteiger partial charge in [0.2, 0.25) is 0 Å². The topological polar surface area (TPSA) is 19.9 Å². The third kappa shape index (κ3) is 1.82. The van der Waals surface area contributed by atoms with Gasteiger partial charge in [-0.05, 0) is 26.3 Å². The van der Waals surface area contributed by atoms with Crippen molar-refractivity contribution in [2.45, 2.75) is 20.8 Å². The molecule has 0 atom stereocenters. The molecule has 0 unspecified atom stereocenters. The molecule has 0 fully saturated rings. The molecule has 0 bridgehead atoms. The lowest BCUT2D eigenvalue weighted by molar-refractivity contribution is 0.296. The smallest absolute Gasteiger partial charge is 0.155 e. The second-order valence-corrected chi connectivity index (χ2v) is 1.96. The van der Waals surface area contributed by atoms with Gasteiger partial charge in [-0.15, -0.1) is 0 Å². The maximum atomic E-state index is 10.5. The van der Waals surface area contributed by atoms with Crippen LogP contribution in [0.1, 0.15) is 20.8 Å². The molecule has 0 aliphatic heterocycles. The first-order valence-corrected chi connectivity index (χ1v) is 2.56. The minimum Gasteiger partial charge on any atom is -0.295 e. The van der Waals surface area contributed by atoms with Crippen molar-refractivity contribution < 1.29 is 5.11 Å². The van der Waals surface area contributed by atoms with E-state index >= 15 is 0 Å². The van der Waals surface area contributed by atoms with Gasteiger partial charge in [0.15, 0.2) is 5.76 Å². The van der Waals surface area contributed by atoms with Gasteiger partial charge in [-0.25, -0.2) is 0 Å². The molecule has 0 aromatic carbocycles. The third-order valence-electron chi connectivity index (χ3n) is 1.17. The van der Waals surface area contributed by atoms with Crippen LogP contribution in [0.4, 0.5) is 0 Å². The zero-order chi connectivity index (χ0) is 6.73. The van der Waals surface area contributed by atoms with Crippen molar-refractivity contribution in [3.05, 3.63) is 23.5 Å². The quantitative estimate of drug-likeness (QED) is 0.365. The molecule has 0 N–H and O–H groups in total. The molecule has 0 saturated heterocycles. The summed E-state index contributed by atoms with van der Waals surface area (Å²) in [6.07, 6.45) is 0. The van der Waals surface area contributed by atoms with Gasteiger partial charge in [-0.1, -0.05) is 12.2 Å². The zero-order valence-corrected chi connectivity index (χ0v) is 5.62. The minimum absolute atomic E-state index is 0.109.